The Labute approximate surface area is 72.7 Å². The summed E-state index contributed by atoms with van der Waals surface area (Å²) in [5, 5.41) is 0. The first kappa shape index (κ1) is 9.32. The van der Waals surface area contributed by atoms with Crippen LogP contribution < -0.4 is 5.73 Å². The molecular formula is C8H16N2O2. The van der Waals surface area contributed by atoms with Gasteiger partial charge in [0.15, 0.2) is 0 Å². The Bertz CT molecular complexity index is 161. The normalized spacial score (nSPS) is 23.0. The first-order chi connectivity index (χ1) is 5.77. The van der Waals surface area contributed by atoms with Crippen molar-refractivity contribution in [1.82, 2.24) is 4.90 Å². The van der Waals surface area contributed by atoms with E-state index in [4.69, 9.17) is 10.5 Å². The molecule has 0 aromatic rings. The molecule has 0 spiro atoms. The minimum atomic E-state index is -0.181. The van der Waals surface area contributed by atoms with Crippen LogP contribution in [-0.2, 0) is 4.74 Å². The third kappa shape index (κ3) is 2.11. The molecule has 1 aliphatic rings. The molecule has 1 rings (SSSR count). The number of likely N-dealkylation sites (N-methyl/N-ethyl adjacent to an activating group) is 1. The number of hydrogen-bond acceptors (Lipinski definition) is 3. The Morgan fingerprint density at radius 3 is 3.00 bits per heavy atom. The van der Waals surface area contributed by atoms with Gasteiger partial charge in [0.1, 0.15) is 6.10 Å². The lowest BCUT2D eigenvalue weighted by atomic mass is 10.2. The zero-order valence-corrected chi connectivity index (χ0v) is 7.45. The average molecular weight is 172 g/mol. The fourth-order valence-electron chi connectivity index (χ4n) is 1.33. The number of cyclic esters (lactones) is 1. The minimum absolute atomic E-state index is 0.0704. The molecular weight excluding hydrogens is 156 g/mol. The molecule has 1 aliphatic heterocycles. The predicted octanol–water partition coefficient (Wildman–Crippen LogP) is 0.566. The molecule has 12 heavy (non-hydrogen) atoms. The SMILES string of the molecule is CCN1CC(CCCN)OC1=O. The number of carbonyl (C=O) groups is 1. The van der Waals surface area contributed by atoms with Crippen molar-refractivity contribution in [3.05, 3.63) is 0 Å². The molecule has 0 radical (unpaired) electrons. The fourth-order valence-corrected chi connectivity index (χ4v) is 1.33. The van der Waals surface area contributed by atoms with Crippen LogP contribution in [0.5, 0.6) is 0 Å². The first-order valence-corrected chi connectivity index (χ1v) is 4.43. The summed E-state index contributed by atoms with van der Waals surface area (Å²) in [5.41, 5.74) is 5.35. The maximum atomic E-state index is 11.1. The number of nitrogens with two attached hydrogens (primary N) is 1. The van der Waals surface area contributed by atoms with Gasteiger partial charge < -0.3 is 15.4 Å². The van der Waals surface area contributed by atoms with Gasteiger partial charge in [-0.25, -0.2) is 4.79 Å². The molecule has 4 nitrogen and oxygen atoms in total. The van der Waals surface area contributed by atoms with E-state index in [9.17, 15) is 4.79 Å². The van der Waals surface area contributed by atoms with Crippen LogP contribution in [0.1, 0.15) is 19.8 Å². The van der Waals surface area contributed by atoms with Crippen molar-refractivity contribution in [2.75, 3.05) is 19.6 Å². The summed E-state index contributed by atoms with van der Waals surface area (Å²) in [6, 6.07) is 0. The van der Waals surface area contributed by atoms with E-state index in [2.05, 4.69) is 0 Å². The molecule has 2 N–H and O–H groups in total. The Morgan fingerprint density at radius 1 is 1.75 bits per heavy atom. The zero-order chi connectivity index (χ0) is 8.97. The second kappa shape index (κ2) is 4.30. The number of carbonyl (C=O) groups excluding carboxylic acids is 1. The Kier molecular flexibility index (Phi) is 3.34. The lowest BCUT2D eigenvalue weighted by Crippen LogP contribution is -2.24. The predicted molar refractivity (Wildman–Crippen MR) is 45.8 cm³/mol. The largest absolute Gasteiger partial charge is 0.444 e. The summed E-state index contributed by atoms with van der Waals surface area (Å²) >= 11 is 0. The van der Waals surface area contributed by atoms with Gasteiger partial charge in [-0.05, 0) is 26.3 Å². The molecule has 1 amide bonds. The number of nitrogens with zero attached hydrogens (tertiary/aromatic N) is 1. The first-order valence-electron chi connectivity index (χ1n) is 4.43. The van der Waals surface area contributed by atoms with E-state index in [-0.39, 0.29) is 12.2 Å². The fraction of sp³-hybridized carbons (Fsp3) is 0.875. The number of amides is 1. The van der Waals surface area contributed by atoms with Crippen LogP contribution in [0.25, 0.3) is 0 Å². The monoisotopic (exact) mass is 172 g/mol. The third-order valence-corrected chi connectivity index (χ3v) is 2.06. The van der Waals surface area contributed by atoms with Crippen LogP contribution in [-0.4, -0.2) is 36.7 Å². The standard InChI is InChI=1S/C8H16N2O2/c1-2-10-6-7(4-3-5-9)12-8(10)11/h7H,2-6,9H2,1H3. The Morgan fingerprint density at radius 2 is 2.50 bits per heavy atom. The van der Waals surface area contributed by atoms with Gasteiger partial charge in [-0.2, -0.15) is 0 Å². The van der Waals surface area contributed by atoms with Gasteiger partial charge in [0.05, 0.1) is 6.54 Å². The third-order valence-electron chi connectivity index (χ3n) is 2.06. The van der Waals surface area contributed by atoms with E-state index >= 15 is 0 Å². The van der Waals surface area contributed by atoms with E-state index in [1.807, 2.05) is 6.92 Å². The molecule has 0 aromatic heterocycles. The van der Waals surface area contributed by atoms with Crippen molar-refractivity contribution in [3.8, 4) is 0 Å². The van der Waals surface area contributed by atoms with Crippen LogP contribution in [0.2, 0.25) is 0 Å². The van der Waals surface area contributed by atoms with E-state index < -0.39 is 0 Å². The summed E-state index contributed by atoms with van der Waals surface area (Å²) in [4.78, 5) is 12.8. The zero-order valence-electron chi connectivity index (χ0n) is 7.45. The van der Waals surface area contributed by atoms with Gasteiger partial charge in [0.25, 0.3) is 0 Å². The summed E-state index contributed by atoms with van der Waals surface area (Å²) in [6.45, 7) is 4.08. The van der Waals surface area contributed by atoms with Crippen molar-refractivity contribution in [1.29, 1.82) is 0 Å². The quantitative estimate of drug-likeness (QED) is 0.674. The minimum Gasteiger partial charge on any atom is -0.444 e. The second-order valence-corrected chi connectivity index (χ2v) is 2.98. The molecule has 1 saturated heterocycles. The highest BCUT2D eigenvalue weighted by Crippen LogP contribution is 2.14. The van der Waals surface area contributed by atoms with Gasteiger partial charge >= 0.3 is 6.09 Å². The van der Waals surface area contributed by atoms with Crippen LogP contribution >= 0.6 is 0 Å². The van der Waals surface area contributed by atoms with Crippen LogP contribution in [0.15, 0.2) is 0 Å². The average Bonchev–Trinajstić information content (AvgIpc) is 2.43. The van der Waals surface area contributed by atoms with Crippen LogP contribution in [0.4, 0.5) is 4.79 Å². The molecule has 0 saturated carbocycles. The lowest BCUT2D eigenvalue weighted by Gasteiger charge is -2.07. The lowest BCUT2D eigenvalue weighted by molar-refractivity contribution is 0.128. The number of hydrogen-bond donors (Lipinski definition) is 1. The molecule has 0 aliphatic carbocycles. The highest BCUT2D eigenvalue weighted by atomic mass is 16.6. The molecule has 1 heterocycles. The van der Waals surface area contributed by atoms with Gasteiger partial charge in [-0.3, -0.25) is 0 Å². The topological polar surface area (TPSA) is 55.6 Å². The number of rotatable bonds is 4. The Hall–Kier alpha value is -0.770. The van der Waals surface area contributed by atoms with Crippen molar-refractivity contribution in [3.63, 3.8) is 0 Å². The van der Waals surface area contributed by atoms with E-state index in [0.717, 1.165) is 25.9 Å². The highest BCUT2D eigenvalue weighted by molar-refractivity contribution is 5.69. The molecule has 0 aromatic carbocycles. The molecule has 4 heteroatoms. The summed E-state index contributed by atoms with van der Waals surface area (Å²) in [7, 11) is 0. The van der Waals surface area contributed by atoms with Crippen molar-refractivity contribution >= 4 is 6.09 Å². The van der Waals surface area contributed by atoms with Crippen molar-refractivity contribution in [2.45, 2.75) is 25.9 Å². The summed E-state index contributed by atoms with van der Waals surface area (Å²) < 4.78 is 5.10. The number of ether oxygens (including phenoxy) is 1. The molecule has 70 valence electrons. The van der Waals surface area contributed by atoms with Crippen LogP contribution in [0.3, 0.4) is 0 Å². The van der Waals surface area contributed by atoms with Crippen molar-refractivity contribution < 1.29 is 9.53 Å². The summed E-state index contributed by atoms with van der Waals surface area (Å²) in [6.07, 6.45) is 1.70. The maximum absolute atomic E-state index is 11.1. The van der Waals surface area contributed by atoms with Gasteiger partial charge in [-0.1, -0.05) is 0 Å². The Balaban J connectivity index is 2.28. The van der Waals surface area contributed by atoms with E-state index in [1.165, 1.54) is 0 Å². The molecule has 0 bridgehead atoms. The van der Waals surface area contributed by atoms with Gasteiger partial charge in [0.2, 0.25) is 0 Å². The maximum Gasteiger partial charge on any atom is 0.410 e. The molecule has 1 fully saturated rings. The molecule has 1 atom stereocenters. The van der Waals surface area contributed by atoms with E-state index in [1.54, 1.807) is 4.90 Å². The van der Waals surface area contributed by atoms with E-state index in [0.29, 0.717) is 6.54 Å². The van der Waals surface area contributed by atoms with Gasteiger partial charge in [0, 0.05) is 6.54 Å². The second-order valence-electron chi connectivity index (χ2n) is 2.98. The van der Waals surface area contributed by atoms with Crippen molar-refractivity contribution in [2.24, 2.45) is 5.73 Å². The summed E-state index contributed by atoms with van der Waals surface area (Å²) in [5.74, 6) is 0. The smallest absolute Gasteiger partial charge is 0.410 e. The van der Waals surface area contributed by atoms with Crippen LogP contribution in [0, 0.1) is 0 Å². The highest BCUT2D eigenvalue weighted by Gasteiger charge is 2.28. The van der Waals surface area contributed by atoms with Gasteiger partial charge in [-0.15, -0.1) is 0 Å². The molecule has 1 unspecified atom stereocenters.